The van der Waals surface area contributed by atoms with Crippen LogP contribution in [0.3, 0.4) is 0 Å². The van der Waals surface area contributed by atoms with E-state index in [-0.39, 0.29) is 0 Å². The summed E-state index contributed by atoms with van der Waals surface area (Å²) in [6.07, 6.45) is 12.7. The van der Waals surface area contributed by atoms with E-state index in [0.717, 1.165) is 5.92 Å². The van der Waals surface area contributed by atoms with Gasteiger partial charge in [-0.3, -0.25) is 0 Å². The van der Waals surface area contributed by atoms with E-state index in [1.165, 1.54) is 64.3 Å². The van der Waals surface area contributed by atoms with Gasteiger partial charge in [0.15, 0.2) is 0 Å². The lowest BCUT2D eigenvalue weighted by atomic mass is 9.67. The lowest BCUT2D eigenvalue weighted by Gasteiger charge is -2.40. The Morgan fingerprint density at radius 2 is 2.15 bits per heavy atom. The lowest BCUT2D eigenvalue weighted by molar-refractivity contribution is 0.131. The highest BCUT2D eigenvalue weighted by molar-refractivity contribution is 7.09. The Hall–Kier alpha value is -0.340. The number of hydrogen-bond acceptors (Lipinski definition) is 2. The third-order valence-electron chi connectivity index (χ3n) is 5.17. The molecule has 20 heavy (non-hydrogen) atoms. The van der Waals surface area contributed by atoms with Crippen molar-refractivity contribution in [3.63, 3.8) is 0 Å². The van der Waals surface area contributed by atoms with Crippen molar-refractivity contribution < 1.29 is 0 Å². The van der Waals surface area contributed by atoms with Crippen molar-refractivity contribution in [3.8, 4) is 0 Å². The summed E-state index contributed by atoms with van der Waals surface area (Å²) in [5.41, 5.74) is 0.571. The molecule has 1 nitrogen and oxygen atoms in total. The Balaban J connectivity index is 1.84. The smallest absolute Gasteiger partial charge is 0.00454 e. The second-order valence-electron chi connectivity index (χ2n) is 6.70. The van der Waals surface area contributed by atoms with E-state index in [9.17, 15) is 0 Å². The molecule has 0 amide bonds. The highest BCUT2D eigenvalue weighted by atomic mass is 32.1. The molecule has 0 aliphatic heterocycles. The van der Waals surface area contributed by atoms with Crippen LogP contribution in [0.1, 0.15) is 63.2 Å². The first kappa shape index (κ1) is 16.0. The second kappa shape index (κ2) is 8.19. The fourth-order valence-electron chi connectivity index (χ4n) is 3.80. The van der Waals surface area contributed by atoms with Crippen molar-refractivity contribution in [3.05, 3.63) is 22.4 Å². The molecule has 0 atom stereocenters. The Morgan fingerprint density at radius 1 is 1.35 bits per heavy atom. The second-order valence-corrected chi connectivity index (χ2v) is 7.73. The van der Waals surface area contributed by atoms with E-state index < -0.39 is 0 Å². The van der Waals surface area contributed by atoms with E-state index in [2.05, 4.69) is 36.8 Å². The molecule has 1 aromatic rings. The Kier molecular flexibility index (Phi) is 6.57. The van der Waals surface area contributed by atoms with Crippen molar-refractivity contribution in [1.82, 2.24) is 5.32 Å². The van der Waals surface area contributed by atoms with E-state index >= 15 is 0 Å². The number of unbranched alkanes of at least 4 members (excludes halogenated alkanes) is 1. The van der Waals surface area contributed by atoms with Crippen LogP contribution in [0, 0.1) is 11.3 Å². The molecule has 0 bridgehead atoms. The lowest BCUT2D eigenvalue weighted by Crippen LogP contribution is -2.36. The number of nitrogens with one attached hydrogen (secondary N) is 1. The van der Waals surface area contributed by atoms with Crippen molar-refractivity contribution >= 4 is 11.3 Å². The zero-order chi connectivity index (χ0) is 14.3. The van der Waals surface area contributed by atoms with E-state index in [1.54, 1.807) is 4.88 Å². The maximum atomic E-state index is 3.47. The van der Waals surface area contributed by atoms with Crippen molar-refractivity contribution in [2.75, 3.05) is 13.6 Å². The van der Waals surface area contributed by atoms with Gasteiger partial charge in [0.1, 0.15) is 0 Å². The maximum absolute atomic E-state index is 3.47. The molecule has 1 saturated carbocycles. The summed E-state index contributed by atoms with van der Waals surface area (Å²) in [5.74, 6) is 1.02. The normalized spacial score (nSPS) is 26.8. The van der Waals surface area contributed by atoms with E-state index in [1.807, 2.05) is 11.3 Å². The molecule has 0 aromatic carbocycles. The van der Waals surface area contributed by atoms with Crippen LogP contribution >= 0.6 is 11.3 Å². The van der Waals surface area contributed by atoms with Gasteiger partial charge in [0, 0.05) is 11.4 Å². The van der Waals surface area contributed by atoms with Crippen LogP contribution in [0.5, 0.6) is 0 Å². The van der Waals surface area contributed by atoms with Gasteiger partial charge in [0.2, 0.25) is 0 Å². The number of hydrogen-bond donors (Lipinski definition) is 1. The fraction of sp³-hybridized carbons (Fsp3) is 0.778. The topological polar surface area (TPSA) is 12.0 Å². The van der Waals surface area contributed by atoms with Crippen LogP contribution in [0.2, 0.25) is 0 Å². The summed E-state index contributed by atoms with van der Waals surface area (Å²) >= 11 is 1.92. The van der Waals surface area contributed by atoms with Crippen molar-refractivity contribution in [2.24, 2.45) is 11.3 Å². The fourth-order valence-corrected chi connectivity index (χ4v) is 4.51. The Morgan fingerprint density at radius 3 is 2.75 bits per heavy atom. The standard InChI is InChI=1S/C18H31NS/c1-3-4-6-16-8-11-18(12-9-16,15-19-2)13-10-17-7-5-14-20-17/h5,7,14,16,19H,3-4,6,8-13,15H2,1-2H3. The first-order chi connectivity index (χ1) is 9.78. The molecule has 1 aliphatic rings. The molecule has 1 heterocycles. The quantitative estimate of drug-likeness (QED) is 0.688. The Labute approximate surface area is 129 Å². The molecular formula is C18H31NS. The van der Waals surface area contributed by atoms with Gasteiger partial charge in [0.25, 0.3) is 0 Å². The summed E-state index contributed by atoms with van der Waals surface area (Å²) in [5, 5.41) is 5.68. The highest BCUT2D eigenvalue weighted by Gasteiger charge is 2.34. The first-order valence-electron chi connectivity index (χ1n) is 8.45. The maximum Gasteiger partial charge on any atom is 0.00454 e. The van der Waals surface area contributed by atoms with Crippen LogP contribution < -0.4 is 5.32 Å². The van der Waals surface area contributed by atoms with Gasteiger partial charge >= 0.3 is 0 Å². The van der Waals surface area contributed by atoms with Crippen LogP contribution in [-0.4, -0.2) is 13.6 Å². The van der Waals surface area contributed by atoms with Crippen molar-refractivity contribution in [2.45, 2.75) is 64.7 Å². The third-order valence-corrected chi connectivity index (χ3v) is 6.10. The van der Waals surface area contributed by atoms with E-state index in [0.29, 0.717) is 5.41 Å². The van der Waals surface area contributed by atoms with Gasteiger partial charge in [-0.2, -0.15) is 0 Å². The van der Waals surface area contributed by atoms with Crippen LogP contribution in [0.25, 0.3) is 0 Å². The summed E-state index contributed by atoms with van der Waals surface area (Å²) in [6.45, 7) is 3.52. The predicted octanol–water partition coefficient (Wildman–Crippen LogP) is 5.27. The SMILES string of the molecule is CCCCC1CCC(CCc2cccs2)(CNC)CC1. The molecule has 1 aromatic heterocycles. The summed E-state index contributed by atoms with van der Waals surface area (Å²) < 4.78 is 0. The largest absolute Gasteiger partial charge is 0.319 e. The number of rotatable bonds is 8. The minimum absolute atomic E-state index is 0.571. The van der Waals surface area contributed by atoms with Gasteiger partial charge in [0.05, 0.1) is 0 Å². The zero-order valence-electron chi connectivity index (χ0n) is 13.3. The molecule has 2 rings (SSSR count). The third kappa shape index (κ3) is 4.60. The van der Waals surface area contributed by atoms with Crippen LogP contribution in [0.4, 0.5) is 0 Å². The summed E-state index contributed by atoms with van der Waals surface area (Å²) in [7, 11) is 2.12. The summed E-state index contributed by atoms with van der Waals surface area (Å²) in [4.78, 5) is 1.56. The van der Waals surface area contributed by atoms with Gasteiger partial charge < -0.3 is 5.32 Å². The molecule has 1 aliphatic carbocycles. The van der Waals surface area contributed by atoms with Crippen molar-refractivity contribution in [1.29, 1.82) is 0 Å². The molecule has 2 heteroatoms. The predicted molar refractivity (Wildman–Crippen MR) is 90.5 cm³/mol. The molecule has 0 radical (unpaired) electrons. The highest BCUT2D eigenvalue weighted by Crippen LogP contribution is 2.43. The first-order valence-corrected chi connectivity index (χ1v) is 9.33. The van der Waals surface area contributed by atoms with Gasteiger partial charge in [-0.15, -0.1) is 11.3 Å². The molecular weight excluding hydrogens is 262 g/mol. The molecule has 1 fully saturated rings. The number of thiophene rings is 1. The molecule has 0 unspecified atom stereocenters. The molecule has 114 valence electrons. The minimum Gasteiger partial charge on any atom is -0.319 e. The average molecular weight is 294 g/mol. The average Bonchev–Trinajstić information content (AvgIpc) is 2.98. The molecule has 0 saturated heterocycles. The molecule has 0 spiro atoms. The van der Waals surface area contributed by atoms with Crippen LogP contribution in [0.15, 0.2) is 17.5 Å². The molecule has 1 N–H and O–H groups in total. The summed E-state index contributed by atoms with van der Waals surface area (Å²) in [6, 6.07) is 4.48. The van der Waals surface area contributed by atoms with Crippen LogP contribution in [-0.2, 0) is 6.42 Å². The van der Waals surface area contributed by atoms with Gasteiger partial charge in [-0.25, -0.2) is 0 Å². The Bertz CT molecular complexity index is 350. The monoisotopic (exact) mass is 293 g/mol. The zero-order valence-corrected chi connectivity index (χ0v) is 14.1. The van der Waals surface area contributed by atoms with Gasteiger partial charge in [-0.05, 0) is 68.4 Å². The van der Waals surface area contributed by atoms with Gasteiger partial charge in [-0.1, -0.05) is 32.3 Å². The minimum atomic E-state index is 0.571. The van der Waals surface area contributed by atoms with E-state index in [4.69, 9.17) is 0 Å². The number of aryl methyl sites for hydroxylation is 1.